The van der Waals surface area contributed by atoms with Crippen molar-refractivity contribution in [3.63, 3.8) is 0 Å². The summed E-state index contributed by atoms with van der Waals surface area (Å²) in [5, 5.41) is 18.8. The van der Waals surface area contributed by atoms with Gasteiger partial charge in [-0.15, -0.1) is 0 Å². The highest BCUT2D eigenvalue weighted by atomic mass is 16.3. The van der Waals surface area contributed by atoms with Gasteiger partial charge in [0, 0.05) is 37.6 Å². The summed E-state index contributed by atoms with van der Waals surface area (Å²) in [6.07, 6.45) is 14.8. The maximum Gasteiger partial charge on any atom is 0.245 e. The van der Waals surface area contributed by atoms with Gasteiger partial charge in [-0.3, -0.25) is 33.8 Å². The average Bonchev–Trinajstić information content (AvgIpc) is 3.18. The van der Waals surface area contributed by atoms with Gasteiger partial charge in [0.1, 0.15) is 11.8 Å². The predicted octanol–water partition coefficient (Wildman–Crippen LogP) is 6.01. The number of hydrogen-bond donors (Lipinski definition) is 6. The zero-order chi connectivity index (χ0) is 44.2. The van der Waals surface area contributed by atoms with E-state index in [9.17, 15) is 33.9 Å². The molecule has 1 aromatic rings. The highest BCUT2D eigenvalue weighted by molar-refractivity contribution is 5.96. The second-order valence-electron chi connectivity index (χ2n) is 16.8. The Labute approximate surface area is 354 Å². The number of carbonyl (C=O) groups is 6. The van der Waals surface area contributed by atoms with Gasteiger partial charge in [-0.25, -0.2) is 0 Å². The van der Waals surface area contributed by atoms with Crippen molar-refractivity contribution < 1.29 is 33.9 Å². The number of unbranched alkanes of at least 4 members (excludes halogenated alkanes) is 12. The lowest BCUT2D eigenvalue weighted by atomic mass is 9.87. The number of rotatable bonds is 34. The van der Waals surface area contributed by atoms with Crippen LogP contribution in [-0.2, 0) is 35.2 Å². The molecule has 1 unspecified atom stereocenters. The molecule has 0 aliphatic carbocycles. The Bertz CT molecular complexity index is 1430. The monoisotopic (exact) mass is 827 g/mol. The molecule has 13 heteroatoms. The molecule has 0 aliphatic heterocycles. The molecule has 0 bridgehead atoms. The standard InChI is InChI=1S/C46H78N6O7/c1-7-8-9-10-11-12-13-14-15-16-17-18-22-27-41(57)51-43(35(6)54)45(59)52-42(32(2)3)40(56)31-37(30-36-24-20-19-21-25-36)44(58)50-38(26-23-28-49-46(47)48)39(55)29-33(4)34(5)53/h19-21,24-25,32-33,35,37-38,42-43,54H,7-18,22-23,26-31H2,1-6H3,(H,50,58)(H,51,57)(H,52,59)(H4,47,48,49)/t33-,35-,37-,38+,42+,43?/m1/s1. The van der Waals surface area contributed by atoms with Crippen LogP contribution in [0.2, 0.25) is 0 Å². The first-order valence-corrected chi connectivity index (χ1v) is 22.3. The van der Waals surface area contributed by atoms with Gasteiger partial charge < -0.3 is 32.5 Å². The molecule has 1 rings (SSSR count). The number of nitrogens with two attached hydrogens (primary N) is 2. The van der Waals surface area contributed by atoms with E-state index >= 15 is 0 Å². The molecule has 0 radical (unpaired) electrons. The Kier molecular flexibility index (Phi) is 27.6. The number of carbonyl (C=O) groups excluding carboxylic acids is 6. The van der Waals surface area contributed by atoms with Crippen molar-refractivity contribution in [3.05, 3.63) is 35.9 Å². The van der Waals surface area contributed by atoms with Crippen LogP contribution < -0.4 is 27.4 Å². The number of Topliss-reactive ketones (excluding diaryl/α,β-unsaturated/α-hetero) is 3. The van der Waals surface area contributed by atoms with E-state index in [-0.39, 0.29) is 68.0 Å². The topological polar surface area (TPSA) is 223 Å². The van der Waals surface area contributed by atoms with Gasteiger partial charge in [0.15, 0.2) is 17.5 Å². The molecule has 0 saturated heterocycles. The van der Waals surface area contributed by atoms with E-state index in [0.717, 1.165) is 24.8 Å². The maximum absolute atomic E-state index is 14.0. The first-order valence-electron chi connectivity index (χ1n) is 22.3. The highest BCUT2D eigenvalue weighted by Crippen LogP contribution is 2.19. The first-order chi connectivity index (χ1) is 28.1. The Hall–Kier alpha value is -4.13. The van der Waals surface area contributed by atoms with Crippen LogP contribution in [0.3, 0.4) is 0 Å². The minimum Gasteiger partial charge on any atom is -0.391 e. The molecule has 0 spiro atoms. The number of amides is 3. The largest absolute Gasteiger partial charge is 0.391 e. The molecule has 13 nitrogen and oxygen atoms in total. The van der Waals surface area contributed by atoms with E-state index in [1.54, 1.807) is 20.8 Å². The van der Waals surface area contributed by atoms with Crippen molar-refractivity contribution in [2.24, 2.45) is 34.2 Å². The SMILES string of the molecule is CCCCCCCCCCCCCCCC(=O)NC(C(=O)N[C@H](C(=O)C[C@@H](Cc1ccccc1)C(=O)N[C@@H](CCCN=C(N)N)C(=O)C[C@@H](C)C(C)=O)C(C)C)[C@@H](C)O. The minimum atomic E-state index is -1.27. The van der Waals surface area contributed by atoms with Crippen molar-refractivity contribution in [3.8, 4) is 0 Å². The van der Waals surface area contributed by atoms with E-state index < -0.39 is 53.7 Å². The first kappa shape index (κ1) is 52.9. The summed E-state index contributed by atoms with van der Waals surface area (Å²) in [6.45, 7) is 10.5. The van der Waals surface area contributed by atoms with Crippen molar-refractivity contribution in [2.45, 2.75) is 188 Å². The molecule has 0 fully saturated rings. The van der Waals surface area contributed by atoms with Crippen LogP contribution in [0, 0.1) is 17.8 Å². The fraction of sp³-hybridized carbons (Fsp3) is 0.717. The van der Waals surface area contributed by atoms with Crippen molar-refractivity contribution in [1.29, 1.82) is 0 Å². The second-order valence-corrected chi connectivity index (χ2v) is 16.8. The van der Waals surface area contributed by atoms with Gasteiger partial charge in [-0.2, -0.15) is 0 Å². The van der Waals surface area contributed by atoms with Gasteiger partial charge in [0.25, 0.3) is 0 Å². The number of nitrogens with zero attached hydrogens (tertiary/aromatic N) is 1. The van der Waals surface area contributed by atoms with Crippen molar-refractivity contribution >= 4 is 41.0 Å². The third-order valence-corrected chi connectivity index (χ3v) is 10.9. The molecular formula is C46H78N6O7. The Morgan fingerprint density at radius 3 is 1.75 bits per heavy atom. The summed E-state index contributed by atoms with van der Waals surface area (Å²) < 4.78 is 0. The van der Waals surface area contributed by atoms with Gasteiger partial charge in [-0.1, -0.05) is 135 Å². The number of ketones is 3. The van der Waals surface area contributed by atoms with Crippen LogP contribution in [0.25, 0.3) is 0 Å². The van der Waals surface area contributed by atoms with Crippen LogP contribution in [0.15, 0.2) is 35.3 Å². The average molecular weight is 827 g/mol. The fourth-order valence-corrected chi connectivity index (χ4v) is 7.04. The molecule has 0 heterocycles. The minimum absolute atomic E-state index is 0.0628. The number of benzene rings is 1. The lowest BCUT2D eigenvalue weighted by Gasteiger charge is -2.28. The number of nitrogens with one attached hydrogen (secondary N) is 3. The zero-order valence-corrected chi connectivity index (χ0v) is 37.1. The zero-order valence-electron chi connectivity index (χ0n) is 37.1. The Morgan fingerprint density at radius 1 is 0.678 bits per heavy atom. The molecule has 6 atom stereocenters. The van der Waals surface area contributed by atoms with Crippen LogP contribution in [0.1, 0.15) is 163 Å². The van der Waals surface area contributed by atoms with Gasteiger partial charge in [0.05, 0.1) is 18.2 Å². The third-order valence-electron chi connectivity index (χ3n) is 10.9. The lowest BCUT2D eigenvalue weighted by molar-refractivity contribution is -0.136. The maximum atomic E-state index is 14.0. The van der Waals surface area contributed by atoms with Crippen LogP contribution in [0.5, 0.6) is 0 Å². The summed E-state index contributed by atoms with van der Waals surface area (Å²) >= 11 is 0. The second kappa shape index (κ2) is 30.8. The molecule has 0 aromatic heterocycles. The number of aliphatic imine (C=N–C) groups is 1. The van der Waals surface area contributed by atoms with E-state index in [1.165, 1.54) is 71.6 Å². The van der Waals surface area contributed by atoms with E-state index in [0.29, 0.717) is 12.8 Å². The van der Waals surface area contributed by atoms with E-state index in [2.05, 4.69) is 27.9 Å². The molecule has 0 saturated carbocycles. The number of guanidine groups is 1. The molecule has 3 amide bonds. The van der Waals surface area contributed by atoms with E-state index in [4.69, 9.17) is 11.5 Å². The van der Waals surface area contributed by atoms with Crippen LogP contribution >= 0.6 is 0 Å². The summed E-state index contributed by atoms with van der Waals surface area (Å²) in [5.74, 6) is -4.36. The fourth-order valence-electron chi connectivity index (χ4n) is 7.04. The summed E-state index contributed by atoms with van der Waals surface area (Å²) in [6, 6.07) is 5.93. The summed E-state index contributed by atoms with van der Waals surface area (Å²) in [4.78, 5) is 83.8. The normalized spacial score (nSPS) is 14.3. The molecule has 1 aromatic carbocycles. The molecule has 0 aliphatic rings. The van der Waals surface area contributed by atoms with E-state index in [1.807, 2.05) is 30.3 Å². The van der Waals surface area contributed by atoms with Crippen molar-refractivity contribution in [2.75, 3.05) is 6.54 Å². The Balaban J connectivity index is 2.94. The van der Waals surface area contributed by atoms with Gasteiger partial charge >= 0.3 is 0 Å². The lowest BCUT2D eigenvalue weighted by Crippen LogP contribution is -2.57. The summed E-state index contributed by atoms with van der Waals surface area (Å²) in [5.41, 5.74) is 11.7. The molecule has 334 valence electrons. The summed E-state index contributed by atoms with van der Waals surface area (Å²) in [7, 11) is 0. The number of aliphatic hydroxyl groups is 1. The molecule has 8 N–H and O–H groups in total. The third kappa shape index (κ3) is 23.9. The molecule has 59 heavy (non-hydrogen) atoms. The van der Waals surface area contributed by atoms with Gasteiger partial charge in [-0.05, 0) is 51.0 Å². The number of aliphatic hydroxyl groups excluding tert-OH is 1. The number of hydrogen-bond acceptors (Lipinski definition) is 8. The quantitative estimate of drug-likeness (QED) is 0.0271. The highest BCUT2D eigenvalue weighted by Gasteiger charge is 2.34. The Morgan fingerprint density at radius 2 is 1.24 bits per heavy atom. The molecular weight excluding hydrogens is 749 g/mol. The van der Waals surface area contributed by atoms with Crippen LogP contribution in [-0.4, -0.2) is 76.9 Å². The predicted molar refractivity (Wildman–Crippen MR) is 235 cm³/mol. The smallest absolute Gasteiger partial charge is 0.245 e. The van der Waals surface area contributed by atoms with Crippen molar-refractivity contribution in [1.82, 2.24) is 16.0 Å². The van der Waals surface area contributed by atoms with Crippen LogP contribution in [0.4, 0.5) is 0 Å². The van der Waals surface area contributed by atoms with Gasteiger partial charge in [0.2, 0.25) is 17.7 Å².